The molecule has 4 rings (SSSR count). The Bertz CT molecular complexity index is 1200. The summed E-state index contributed by atoms with van der Waals surface area (Å²) in [6, 6.07) is 3.83. The number of furan rings is 1. The van der Waals surface area contributed by atoms with E-state index in [9.17, 15) is 14.4 Å². The number of hydrogen-bond acceptors (Lipinski definition) is 6. The van der Waals surface area contributed by atoms with Gasteiger partial charge in [0.1, 0.15) is 17.1 Å². The van der Waals surface area contributed by atoms with Crippen molar-refractivity contribution in [3.8, 4) is 0 Å². The van der Waals surface area contributed by atoms with Gasteiger partial charge in [-0.15, -0.1) is 0 Å². The molecule has 1 saturated heterocycles. The average Bonchev–Trinajstić information content (AvgIpc) is 3.47. The van der Waals surface area contributed by atoms with Crippen molar-refractivity contribution in [3.05, 3.63) is 50.8 Å². The van der Waals surface area contributed by atoms with Crippen LogP contribution in [0.15, 0.2) is 32.4 Å². The minimum Gasteiger partial charge on any atom is -0.468 e. The highest BCUT2D eigenvalue weighted by Gasteiger charge is 2.27. The molecule has 0 bridgehead atoms. The van der Waals surface area contributed by atoms with Crippen molar-refractivity contribution < 1.29 is 9.21 Å². The van der Waals surface area contributed by atoms with Crippen molar-refractivity contribution in [1.82, 2.24) is 29.3 Å². The van der Waals surface area contributed by atoms with Crippen LogP contribution in [0.2, 0.25) is 0 Å². The molecule has 3 aromatic heterocycles. The Kier molecular flexibility index (Phi) is 6.31. The number of aromatic nitrogens is 4. The molecule has 1 aliphatic heterocycles. The highest BCUT2D eigenvalue weighted by atomic mass is 16.3. The lowest BCUT2D eigenvalue weighted by Gasteiger charge is -2.35. The van der Waals surface area contributed by atoms with E-state index in [0.717, 1.165) is 42.2 Å². The van der Waals surface area contributed by atoms with Gasteiger partial charge in [0, 0.05) is 33.5 Å². The summed E-state index contributed by atoms with van der Waals surface area (Å²) in [4.78, 5) is 46.6. The van der Waals surface area contributed by atoms with Crippen molar-refractivity contribution in [1.29, 1.82) is 0 Å². The number of likely N-dealkylation sites (tertiary alicyclic amines) is 1. The quantitative estimate of drug-likeness (QED) is 0.565. The molecule has 32 heavy (non-hydrogen) atoms. The third-order valence-corrected chi connectivity index (χ3v) is 6.36. The number of carbonyl (C=O) groups excluding carboxylic acids is 1. The number of hydrogen-bond donors (Lipinski definition) is 2. The molecule has 1 aliphatic rings. The van der Waals surface area contributed by atoms with Gasteiger partial charge in [0.25, 0.3) is 5.56 Å². The standard InChI is InChI=1S/C22H30N6O4/c1-14-8-10-28(11-9-14)15(16-5-4-12-32-16)13-23-18(29)7-6-17-24-19-20(25-17)26(2)22(31)27(3)21(19)30/h4-5,12,14-15H,6-11,13H2,1-3H3,(H,23,29)(H,24,25). The first kappa shape index (κ1) is 22.1. The fourth-order valence-electron chi connectivity index (χ4n) is 4.25. The van der Waals surface area contributed by atoms with Crippen LogP contribution in [0.4, 0.5) is 0 Å². The fraction of sp³-hybridized carbons (Fsp3) is 0.545. The maximum Gasteiger partial charge on any atom is 0.332 e. The minimum atomic E-state index is -0.436. The van der Waals surface area contributed by atoms with Gasteiger partial charge in [0.05, 0.1) is 12.3 Å². The van der Waals surface area contributed by atoms with E-state index in [1.165, 1.54) is 11.6 Å². The van der Waals surface area contributed by atoms with Crippen LogP contribution in [-0.4, -0.2) is 49.5 Å². The number of amides is 1. The molecule has 1 fully saturated rings. The van der Waals surface area contributed by atoms with Gasteiger partial charge in [0.15, 0.2) is 5.65 Å². The summed E-state index contributed by atoms with van der Waals surface area (Å²) in [5.74, 6) is 1.97. The highest BCUT2D eigenvalue weighted by Crippen LogP contribution is 2.26. The van der Waals surface area contributed by atoms with Crippen LogP contribution in [0.3, 0.4) is 0 Å². The maximum atomic E-state index is 12.6. The van der Waals surface area contributed by atoms with Crippen LogP contribution in [-0.2, 0) is 25.3 Å². The number of aryl methyl sites for hydroxylation is 2. The molecule has 0 aromatic carbocycles. The molecule has 2 N–H and O–H groups in total. The summed E-state index contributed by atoms with van der Waals surface area (Å²) in [5, 5.41) is 3.02. The van der Waals surface area contributed by atoms with Gasteiger partial charge in [-0.1, -0.05) is 6.92 Å². The number of imidazole rings is 1. The molecule has 10 nitrogen and oxygen atoms in total. The van der Waals surface area contributed by atoms with E-state index < -0.39 is 11.2 Å². The Morgan fingerprint density at radius 1 is 1.28 bits per heavy atom. The molecule has 0 radical (unpaired) electrons. The molecule has 3 aromatic rings. The summed E-state index contributed by atoms with van der Waals surface area (Å²) in [5.41, 5.74) is -0.300. The first-order chi connectivity index (χ1) is 15.3. The minimum absolute atomic E-state index is 0.00481. The Morgan fingerprint density at radius 3 is 2.72 bits per heavy atom. The fourth-order valence-corrected chi connectivity index (χ4v) is 4.25. The van der Waals surface area contributed by atoms with Crippen molar-refractivity contribution >= 4 is 17.1 Å². The Hall–Kier alpha value is -3.14. The summed E-state index contributed by atoms with van der Waals surface area (Å²) < 4.78 is 8.00. The molecule has 10 heteroatoms. The molecule has 0 spiro atoms. The van der Waals surface area contributed by atoms with E-state index in [1.54, 1.807) is 13.3 Å². The van der Waals surface area contributed by atoms with Crippen LogP contribution >= 0.6 is 0 Å². The molecule has 1 amide bonds. The summed E-state index contributed by atoms with van der Waals surface area (Å²) >= 11 is 0. The number of aromatic amines is 1. The lowest BCUT2D eigenvalue weighted by Crippen LogP contribution is -2.41. The van der Waals surface area contributed by atoms with Crippen LogP contribution in [0.1, 0.15) is 43.8 Å². The molecule has 172 valence electrons. The second-order valence-electron chi connectivity index (χ2n) is 8.64. The van der Waals surface area contributed by atoms with E-state index in [4.69, 9.17) is 4.42 Å². The van der Waals surface area contributed by atoms with Gasteiger partial charge in [-0.25, -0.2) is 9.78 Å². The monoisotopic (exact) mass is 442 g/mol. The van der Waals surface area contributed by atoms with E-state index >= 15 is 0 Å². The lowest BCUT2D eigenvalue weighted by molar-refractivity contribution is -0.121. The Balaban J connectivity index is 1.39. The predicted octanol–water partition coefficient (Wildman–Crippen LogP) is 1.08. The van der Waals surface area contributed by atoms with Gasteiger partial charge in [-0.05, 0) is 44.0 Å². The van der Waals surface area contributed by atoms with E-state index in [2.05, 4.69) is 27.1 Å². The smallest absolute Gasteiger partial charge is 0.332 e. The second-order valence-corrected chi connectivity index (χ2v) is 8.64. The zero-order valence-electron chi connectivity index (χ0n) is 18.8. The van der Waals surface area contributed by atoms with Gasteiger partial charge in [0.2, 0.25) is 5.91 Å². The summed E-state index contributed by atoms with van der Waals surface area (Å²) in [6.45, 7) is 4.70. The number of piperidine rings is 1. The van der Waals surface area contributed by atoms with Crippen LogP contribution in [0, 0.1) is 5.92 Å². The van der Waals surface area contributed by atoms with Crippen molar-refractivity contribution in [2.45, 2.75) is 38.6 Å². The third kappa shape index (κ3) is 4.40. The first-order valence-electron chi connectivity index (χ1n) is 11.0. The predicted molar refractivity (Wildman–Crippen MR) is 119 cm³/mol. The molecule has 1 atom stereocenters. The van der Waals surface area contributed by atoms with Gasteiger partial charge >= 0.3 is 5.69 Å². The van der Waals surface area contributed by atoms with Crippen LogP contribution in [0.5, 0.6) is 0 Å². The van der Waals surface area contributed by atoms with Crippen molar-refractivity contribution in [2.24, 2.45) is 20.0 Å². The van der Waals surface area contributed by atoms with Gasteiger partial charge < -0.3 is 14.7 Å². The highest BCUT2D eigenvalue weighted by molar-refractivity contribution is 5.76. The second kappa shape index (κ2) is 9.15. The number of fused-ring (bicyclic) bond motifs is 1. The number of rotatable bonds is 7. The Labute approximate surface area is 185 Å². The lowest BCUT2D eigenvalue weighted by atomic mass is 9.97. The number of nitrogens with zero attached hydrogens (tertiary/aromatic N) is 4. The SMILES string of the molecule is CC1CCN(C(CNC(=O)CCc2nc3c([nH]2)c(=O)n(C)c(=O)n3C)c2ccco2)CC1. The zero-order valence-corrected chi connectivity index (χ0v) is 18.8. The molecule has 0 saturated carbocycles. The number of carbonyl (C=O) groups is 1. The average molecular weight is 443 g/mol. The Morgan fingerprint density at radius 2 is 2.03 bits per heavy atom. The molecule has 4 heterocycles. The largest absolute Gasteiger partial charge is 0.468 e. The summed E-state index contributed by atoms with van der Waals surface area (Å²) in [6.07, 6.45) is 4.49. The molecule has 1 unspecified atom stereocenters. The first-order valence-corrected chi connectivity index (χ1v) is 11.0. The van der Waals surface area contributed by atoms with Gasteiger partial charge in [-0.3, -0.25) is 23.6 Å². The molecule has 0 aliphatic carbocycles. The summed E-state index contributed by atoms with van der Waals surface area (Å²) in [7, 11) is 2.99. The molecular weight excluding hydrogens is 412 g/mol. The molecular formula is C22H30N6O4. The van der Waals surface area contributed by atoms with Crippen LogP contribution < -0.4 is 16.6 Å². The maximum absolute atomic E-state index is 12.6. The van der Waals surface area contributed by atoms with Crippen molar-refractivity contribution in [3.63, 3.8) is 0 Å². The van der Waals surface area contributed by atoms with E-state index in [1.807, 2.05) is 12.1 Å². The van der Waals surface area contributed by atoms with E-state index in [-0.39, 0.29) is 23.9 Å². The topological polar surface area (TPSA) is 118 Å². The number of H-pyrrole nitrogens is 1. The van der Waals surface area contributed by atoms with Crippen LogP contribution in [0.25, 0.3) is 11.2 Å². The number of nitrogens with one attached hydrogen (secondary N) is 2. The van der Waals surface area contributed by atoms with E-state index in [0.29, 0.717) is 24.4 Å². The third-order valence-electron chi connectivity index (χ3n) is 6.36. The van der Waals surface area contributed by atoms with Gasteiger partial charge in [-0.2, -0.15) is 0 Å². The normalized spacial score (nSPS) is 16.5. The van der Waals surface area contributed by atoms with Crippen molar-refractivity contribution in [2.75, 3.05) is 19.6 Å². The zero-order chi connectivity index (χ0) is 22.8.